The van der Waals surface area contributed by atoms with Crippen LogP contribution < -0.4 is 0 Å². The first-order valence-corrected chi connectivity index (χ1v) is 11.0. The van der Waals surface area contributed by atoms with Gasteiger partial charge in [0.15, 0.2) is 0 Å². The lowest BCUT2D eigenvalue weighted by Gasteiger charge is -2.32. The third-order valence-corrected chi connectivity index (χ3v) is 5.67. The topological polar surface area (TPSA) is 0 Å². The zero-order chi connectivity index (χ0) is 21.7. The molecule has 0 saturated carbocycles. The molecule has 0 spiro atoms. The minimum absolute atomic E-state index is 0.381. The van der Waals surface area contributed by atoms with Crippen LogP contribution in [0.4, 0.5) is 0 Å². The highest BCUT2D eigenvalue weighted by Gasteiger charge is 2.25. The second-order valence-electron chi connectivity index (χ2n) is 9.25. The number of benzene rings is 1. The predicted octanol–water partition coefficient (Wildman–Crippen LogP) is 9.17. The van der Waals surface area contributed by atoms with Gasteiger partial charge in [-0.25, -0.2) is 0 Å². The van der Waals surface area contributed by atoms with Crippen LogP contribution in [0.2, 0.25) is 0 Å². The minimum atomic E-state index is 0.381. The van der Waals surface area contributed by atoms with Crippen LogP contribution in [-0.4, -0.2) is 0 Å². The summed E-state index contributed by atoms with van der Waals surface area (Å²) in [5.41, 5.74) is 7.32. The lowest BCUT2D eigenvalue weighted by molar-refractivity contribution is 0.205. The Balaban J connectivity index is 0.00000165. The van der Waals surface area contributed by atoms with E-state index in [1.807, 2.05) is 13.8 Å². The van der Waals surface area contributed by atoms with E-state index in [4.69, 9.17) is 0 Å². The standard InChI is InChI=1S/C24H38.C4H8/c1-8-10-12-22(9-2)13-11-16-24(6,7)21(5)18-23-15-14-19(3)20(4)17-23;1-4(2)3/h9-10,12,14-15,17,21H,8,11,13,16,18H2,1-7H3;1H2,2-3H3/b12-10-,22-9+;. The highest BCUT2D eigenvalue weighted by atomic mass is 14.3. The summed E-state index contributed by atoms with van der Waals surface area (Å²) in [4.78, 5) is 0. The lowest BCUT2D eigenvalue weighted by Crippen LogP contribution is -2.23. The molecule has 0 nitrogen and oxygen atoms in total. The van der Waals surface area contributed by atoms with Crippen molar-refractivity contribution in [3.63, 3.8) is 0 Å². The molecule has 0 amide bonds. The normalized spacial score (nSPS) is 13.2. The minimum Gasteiger partial charge on any atom is -0.100 e. The molecule has 0 aliphatic heterocycles. The Morgan fingerprint density at radius 2 is 1.75 bits per heavy atom. The zero-order valence-corrected chi connectivity index (χ0v) is 20.3. The molecule has 1 aromatic carbocycles. The Labute approximate surface area is 176 Å². The molecule has 1 unspecified atom stereocenters. The maximum atomic E-state index is 3.56. The van der Waals surface area contributed by atoms with E-state index in [1.165, 1.54) is 53.5 Å². The molecule has 0 fully saturated rings. The van der Waals surface area contributed by atoms with Crippen molar-refractivity contribution in [2.24, 2.45) is 11.3 Å². The van der Waals surface area contributed by atoms with Gasteiger partial charge in [-0.1, -0.05) is 75.3 Å². The Morgan fingerprint density at radius 1 is 1.14 bits per heavy atom. The number of aryl methyl sites for hydroxylation is 2. The van der Waals surface area contributed by atoms with E-state index in [2.05, 4.69) is 91.5 Å². The summed E-state index contributed by atoms with van der Waals surface area (Å²) in [6.45, 7) is 23.6. The molecule has 1 rings (SSSR count). The first-order valence-electron chi connectivity index (χ1n) is 11.0. The smallest absolute Gasteiger partial charge is 0.0248 e. The molecule has 0 heteroatoms. The molecule has 0 aromatic heterocycles. The molecular weight excluding hydrogens is 336 g/mol. The Hall–Kier alpha value is -1.56. The van der Waals surface area contributed by atoms with Gasteiger partial charge in [0, 0.05) is 0 Å². The van der Waals surface area contributed by atoms with E-state index in [-0.39, 0.29) is 0 Å². The number of hydrogen-bond acceptors (Lipinski definition) is 0. The van der Waals surface area contributed by atoms with Crippen molar-refractivity contribution in [1.82, 2.24) is 0 Å². The highest BCUT2D eigenvalue weighted by molar-refractivity contribution is 5.30. The van der Waals surface area contributed by atoms with Gasteiger partial charge in [-0.05, 0) is 94.7 Å². The summed E-state index contributed by atoms with van der Waals surface area (Å²) in [5, 5.41) is 0. The average Bonchev–Trinajstić information content (AvgIpc) is 2.60. The third-order valence-electron chi connectivity index (χ3n) is 5.67. The van der Waals surface area contributed by atoms with Crippen molar-refractivity contribution in [3.05, 3.63) is 70.8 Å². The lowest BCUT2D eigenvalue weighted by atomic mass is 9.73. The largest absolute Gasteiger partial charge is 0.100 e. The molecule has 0 radical (unpaired) electrons. The second kappa shape index (κ2) is 13.6. The fraction of sp³-hybridized carbons (Fsp3) is 0.571. The van der Waals surface area contributed by atoms with Gasteiger partial charge in [0.25, 0.3) is 0 Å². The zero-order valence-electron chi connectivity index (χ0n) is 20.3. The Kier molecular flexibility index (Phi) is 12.8. The van der Waals surface area contributed by atoms with Crippen molar-refractivity contribution >= 4 is 0 Å². The molecular formula is C28H46. The average molecular weight is 383 g/mol. The maximum Gasteiger partial charge on any atom is -0.0248 e. The van der Waals surface area contributed by atoms with E-state index >= 15 is 0 Å². The Bertz CT molecular complexity index is 636. The first kappa shape index (κ1) is 26.4. The van der Waals surface area contributed by atoms with Crippen LogP contribution in [0, 0.1) is 25.2 Å². The molecule has 0 heterocycles. The second-order valence-corrected chi connectivity index (χ2v) is 9.25. The van der Waals surface area contributed by atoms with Crippen LogP contribution in [0.1, 0.15) is 90.8 Å². The number of allylic oxidation sites excluding steroid dienone is 5. The first-order chi connectivity index (χ1) is 13.0. The van der Waals surface area contributed by atoms with Gasteiger partial charge in [-0.3, -0.25) is 0 Å². The van der Waals surface area contributed by atoms with Gasteiger partial charge in [-0.15, -0.1) is 6.58 Å². The van der Waals surface area contributed by atoms with E-state index in [0.29, 0.717) is 11.3 Å². The molecule has 0 aliphatic rings. The molecule has 158 valence electrons. The number of rotatable bonds is 9. The molecule has 0 bridgehead atoms. The van der Waals surface area contributed by atoms with Gasteiger partial charge >= 0.3 is 0 Å². The van der Waals surface area contributed by atoms with Gasteiger partial charge < -0.3 is 0 Å². The van der Waals surface area contributed by atoms with Gasteiger partial charge in [0.2, 0.25) is 0 Å². The van der Waals surface area contributed by atoms with Crippen molar-refractivity contribution in [2.75, 3.05) is 0 Å². The van der Waals surface area contributed by atoms with Crippen molar-refractivity contribution in [1.29, 1.82) is 0 Å². The Morgan fingerprint density at radius 3 is 2.25 bits per heavy atom. The van der Waals surface area contributed by atoms with E-state index < -0.39 is 0 Å². The van der Waals surface area contributed by atoms with Crippen LogP contribution in [0.25, 0.3) is 0 Å². The van der Waals surface area contributed by atoms with Gasteiger partial charge in [0.1, 0.15) is 0 Å². The summed E-state index contributed by atoms with van der Waals surface area (Å²) in [6, 6.07) is 6.94. The fourth-order valence-electron chi connectivity index (χ4n) is 3.15. The predicted molar refractivity (Wildman–Crippen MR) is 130 cm³/mol. The molecule has 1 atom stereocenters. The molecule has 0 aliphatic carbocycles. The maximum absolute atomic E-state index is 3.56. The third kappa shape index (κ3) is 11.3. The van der Waals surface area contributed by atoms with E-state index in [0.717, 1.165) is 6.42 Å². The molecule has 0 saturated heterocycles. The molecule has 28 heavy (non-hydrogen) atoms. The van der Waals surface area contributed by atoms with Gasteiger partial charge in [-0.2, -0.15) is 0 Å². The van der Waals surface area contributed by atoms with E-state index in [9.17, 15) is 0 Å². The summed E-state index contributed by atoms with van der Waals surface area (Å²) in [5.74, 6) is 0.694. The van der Waals surface area contributed by atoms with Crippen LogP contribution >= 0.6 is 0 Å². The highest BCUT2D eigenvalue weighted by Crippen LogP contribution is 2.35. The molecule has 1 aromatic rings. The van der Waals surface area contributed by atoms with Crippen LogP contribution in [0.5, 0.6) is 0 Å². The summed E-state index contributed by atoms with van der Waals surface area (Å²) < 4.78 is 0. The summed E-state index contributed by atoms with van der Waals surface area (Å²) >= 11 is 0. The summed E-state index contributed by atoms with van der Waals surface area (Å²) in [7, 11) is 0. The van der Waals surface area contributed by atoms with Gasteiger partial charge in [0.05, 0.1) is 0 Å². The SMILES string of the molecule is C/C=C(\C=C/CC)CCCC(C)(C)C(C)Cc1ccc(C)c(C)c1.C=C(C)C. The monoisotopic (exact) mass is 382 g/mol. The fourth-order valence-corrected chi connectivity index (χ4v) is 3.15. The summed E-state index contributed by atoms with van der Waals surface area (Å²) in [6.07, 6.45) is 12.9. The van der Waals surface area contributed by atoms with E-state index in [1.54, 1.807) is 0 Å². The van der Waals surface area contributed by atoms with Crippen molar-refractivity contribution < 1.29 is 0 Å². The van der Waals surface area contributed by atoms with Crippen molar-refractivity contribution in [2.45, 2.75) is 94.4 Å². The quantitative estimate of drug-likeness (QED) is 0.295. The van der Waals surface area contributed by atoms with Crippen LogP contribution in [0.15, 0.2) is 54.2 Å². The molecule has 0 N–H and O–H groups in total. The van der Waals surface area contributed by atoms with Crippen LogP contribution in [-0.2, 0) is 6.42 Å². The number of hydrogen-bond donors (Lipinski definition) is 0. The van der Waals surface area contributed by atoms with Crippen molar-refractivity contribution in [3.8, 4) is 0 Å². The van der Waals surface area contributed by atoms with Crippen LogP contribution in [0.3, 0.4) is 0 Å².